The summed E-state index contributed by atoms with van der Waals surface area (Å²) in [5.41, 5.74) is 6.85. The van der Waals surface area contributed by atoms with Crippen molar-refractivity contribution in [1.29, 1.82) is 0 Å². The number of anilines is 1. The lowest BCUT2D eigenvalue weighted by atomic mass is 10.3. The molecule has 0 saturated heterocycles. The fourth-order valence-electron chi connectivity index (χ4n) is 2.46. The molecule has 21 heavy (non-hydrogen) atoms. The minimum atomic E-state index is -0.0580. The summed E-state index contributed by atoms with van der Waals surface area (Å²) in [5, 5.41) is 4.16. The summed E-state index contributed by atoms with van der Waals surface area (Å²) < 4.78 is 3.59. The van der Waals surface area contributed by atoms with Crippen LogP contribution in [0.5, 0.6) is 0 Å². The Morgan fingerprint density at radius 3 is 2.86 bits per heavy atom. The second-order valence-electron chi connectivity index (χ2n) is 5.38. The molecule has 2 N–H and O–H groups in total. The van der Waals surface area contributed by atoms with Crippen molar-refractivity contribution >= 4 is 11.6 Å². The van der Waals surface area contributed by atoms with Crippen molar-refractivity contribution < 1.29 is 4.79 Å². The number of nitrogens with two attached hydrogens (primary N) is 1. The average Bonchev–Trinajstić information content (AvgIpc) is 3.13. The number of aryl methyl sites for hydroxylation is 2. The van der Waals surface area contributed by atoms with Crippen LogP contribution in [0.25, 0.3) is 0 Å². The summed E-state index contributed by atoms with van der Waals surface area (Å²) in [4.78, 5) is 19.0. The molecular weight excluding hydrogens is 268 g/mol. The van der Waals surface area contributed by atoms with E-state index in [1.807, 2.05) is 29.6 Å². The highest BCUT2D eigenvalue weighted by Crippen LogP contribution is 2.30. The predicted molar refractivity (Wildman–Crippen MR) is 78.4 cm³/mol. The van der Waals surface area contributed by atoms with Gasteiger partial charge in [0.25, 0.3) is 5.91 Å². The second kappa shape index (κ2) is 5.23. The molecule has 0 aliphatic heterocycles. The van der Waals surface area contributed by atoms with Gasteiger partial charge in [-0.15, -0.1) is 0 Å². The summed E-state index contributed by atoms with van der Waals surface area (Å²) in [6.45, 7) is 3.07. The van der Waals surface area contributed by atoms with Crippen LogP contribution >= 0.6 is 0 Å². The van der Waals surface area contributed by atoms with Crippen molar-refractivity contribution in [2.75, 3.05) is 5.73 Å². The van der Waals surface area contributed by atoms with Crippen molar-refractivity contribution in [2.24, 2.45) is 7.05 Å². The monoisotopic (exact) mass is 288 g/mol. The number of amides is 1. The quantitative estimate of drug-likeness (QED) is 0.890. The first-order valence-corrected chi connectivity index (χ1v) is 7.20. The molecular formula is C14H20N6O. The largest absolute Gasteiger partial charge is 0.396 e. The Balaban J connectivity index is 1.89. The molecule has 7 nitrogen and oxygen atoms in total. The van der Waals surface area contributed by atoms with Crippen LogP contribution in [0.15, 0.2) is 18.6 Å². The third kappa shape index (κ3) is 2.51. The molecule has 0 bridgehead atoms. The molecule has 1 amide bonds. The SMILES string of the molecule is CCn1ncc(N)c1C(=O)N(Cc1nccn1C)C1CC1. The number of aromatic nitrogens is 4. The van der Waals surface area contributed by atoms with Crippen molar-refractivity contribution in [3.05, 3.63) is 30.1 Å². The molecule has 2 aromatic rings. The van der Waals surface area contributed by atoms with Crippen molar-refractivity contribution in [2.45, 2.75) is 38.9 Å². The van der Waals surface area contributed by atoms with Gasteiger partial charge in [-0.1, -0.05) is 0 Å². The second-order valence-corrected chi connectivity index (χ2v) is 5.38. The Morgan fingerprint density at radius 2 is 2.29 bits per heavy atom. The van der Waals surface area contributed by atoms with Gasteiger partial charge < -0.3 is 15.2 Å². The molecule has 0 unspecified atom stereocenters. The van der Waals surface area contributed by atoms with Gasteiger partial charge in [-0.3, -0.25) is 9.48 Å². The van der Waals surface area contributed by atoms with Crippen LogP contribution in [0.3, 0.4) is 0 Å². The molecule has 0 radical (unpaired) electrons. The first-order valence-electron chi connectivity index (χ1n) is 7.20. The van der Waals surface area contributed by atoms with Gasteiger partial charge in [-0.25, -0.2) is 4.98 Å². The van der Waals surface area contributed by atoms with Gasteiger partial charge in [0.15, 0.2) is 0 Å². The summed E-state index contributed by atoms with van der Waals surface area (Å²) in [6, 6.07) is 0.286. The van der Waals surface area contributed by atoms with Crippen molar-refractivity contribution in [3.8, 4) is 0 Å². The predicted octanol–water partition coefficient (Wildman–Crippen LogP) is 1.02. The van der Waals surface area contributed by atoms with Crippen LogP contribution in [0, 0.1) is 0 Å². The van der Waals surface area contributed by atoms with E-state index in [9.17, 15) is 4.79 Å². The maximum atomic E-state index is 12.9. The van der Waals surface area contributed by atoms with E-state index in [1.165, 1.54) is 0 Å². The Bertz CT molecular complexity index is 654. The fraction of sp³-hybridized carbons (Fsp3) is 0.500. The molecule has 1 aliphatic rings. The van der Waals surface area contributed by atoms with E-state index in [4.69, 9.17) is 5.73 Å². The maximum absolute atomic E-state index is 12.9. The molecule has 112 valence electrons. The minimum Gasteiger partial charge on any atom is -0.396 e. The first kappa shape index (κ1) is 13.7. The van der Waals surface area contributed by atoms with Gasteiger partial charge >= 0.3 is 0 Å². The molecule has 1 aliphatic carbocycles. The molecule has 3 rings (SSSR count). The molecule has 0 spiro atoms. The summed E-state index contributed by atoms with van der Waals surface area (Å²) in [7, 11) is 1.93. The van der Waals surface area contributed by atoms with Crippen LogP contribution in [-0.2, 0) is 20.1 Å². The number of carbonyl (C=O) groups is 1. The number of nitrogen functional groups attached to an aromatic ring is 1. The van der Waals surface area contributed by atoms with Crippen LogP contribution < -0.4 is 5.73 Å². The van der Waals surface area contributed by atoms with E-state index in [1.54, 1.807) is 17.1 Å². The number of rotatable bonds is 5. The maximum Gasteiger partial charge on any atom is 0.274 e. The standard InChI is InChI=1S/C14H20N6O/c1-3-20-13(11(15)8-17-20)14(21)19(10-4-5-10)9-12-16-6-7-18(12)2/h6-8,10H,3-5,9,15H2,1-2H3. The lowest BCUT2D eigenvalue weighted by molar-refractivity contribution is 0.0712. The highest BCUT2D eigenvalue weighted by Gasteiger charge is 2.35. The summed E-state index contributed by atoms with van der Waals surface area (Å²) in [5.74, 6) is 0.814. The highest BCUT2D eigenvalue weighted by atomic mass is 16.2. The smallest absolute Gasteiger partial charge is 0.274 e. The van der Waals surface area contributed by atoms with Crippen molar-refractivity contribution in [1.82, 2.24) is 24.2 Å². The molecule has 2 heterocycles. The lowest BCUT2D eigenvalue weighted by Crippen LogP contribution is -2.35. The van der Waals surface area contributed by atoms with E-state index in [0.29, 0.717) is 24.5 Å². The highest BCUT2D eigenvalue weighted by molar-refractivity contribution is 5.97. The average molecular weight is 288 g/mol. The first-order chi connectivity index (χ1) is 10.1. The van der Waals surface area contributed by atoms with Gasteiger partial charge in [0.1, 0.15) is 11.5 Å². The molecule has 1 saturated carbocycles. The number of hydrogen-bond donors (Lipinski definition) is 1. The van der Waals surface area contributed by atoms with Gasteiger partial charge in [-0.05, 0) is 19.8 Å². The molecule has 2 aromatic heterocycles. The van der Waals surface area contributed by atoms with Crippen LogP contribution in [0.1, 0.15) is 36.1 Å². The van der Waals surface area contributed by atoms with Gasteiger partial charge in [0.05, 0.1) is 18.4 Å². The third-order valence-electron chi connectivity index (χ3n) is 3.85. The Hall–Kier alpha value is -2.31. The van der Waals surface area contributed by atoms with Gasteiger partial charge in [-0.2, -0.15) is 5.10 Å². The van der Waals surface area contributed by atoms with E-state index < -0.39 is 0 Å². The Kier molecular flexibility index (Phi) is 3.40. The number of carbonyl (C=O) groups excluding carboxylic acids is 1. The third-order valence-corrected chi connectivity index (χ3v) is 3.85. The minimum absolute atomic E-state index is 0.0580. The molecule has 0 aromatic carbocycles. The summed E-state index contributed by atoms with van der Waals surface area (Å²) >= 11 is 0. The summed E-state index contributed by atoms with van der Waals surface area (Å²) in [6.07, 6.45) is 7.25. The van der Waals surface area contributed by atoms with E-state index in [0.717, 1.165) is 18.7 Å². The zero-order valence-electron chi connectivity index (χ0n) is 12.4. The van der Waals surface area contributed by atoms with Crippen molar-refractivity contribution in [3.63, 3.8) is 0 Å². The van der Waals surface area contributed by atoms with Gasteiger partial charge in [0.2, 0.25) is 0 Å². The van der Waals surface area contributed by atoms with Gasteiger partial charge in [0, 0.05) is 32.0 Å². The lowest BCUT2D eigenvalue weighted by Gasteiger charge is -2.22. The van der Waals surface area contributed by atoms with E-state index in [2.05, 4.69) is 10.1 Å². The van der Waals surface area contributed by atoms with Crippen LogP contribution in [-0.4, -0.2) is 36.2 Å². The van der Waals surface area contributed by atoms with E-state index in [-0.39, 0.29) is 11.9 Å². The van der Waals surface area contributed by atoms with Crippen LogP contribution in [0.2, 0.25) is 0 Å². The number of hydrogen-bond acceptors (Lipinski definition) is 4. The topological polar surface area (TPSA) is 82.0 Å². The molecule has 1 fully saturated rings. The number of imidazole rings is 1. The molecule has 0 atom stereocenters. The Labute approximate surface area is 123 Å². The fourth-order valence-corrected chi connectivity index (χ4v) is 2.46. The zero-order chi connectivity index (χ0) is 15.0. The Morgan fingerprint density at radius 1 is 1.52 bits per heavy atom. The number of nitrogens with zero attached hydrogens (tertiary/aromatic N) is 5. The van der Waals surface area contributed by atoms with Crippen LogP contribution in [0.4, 0.5) is 5.69 Å². The van der Waals surface area contributed by atoms with E-state index >= 15 is 0 Å². The zero-order valence-corrected chi connectivity index (χ0v) is 12.4. The normalized spacial score (nSPS) is 14.4. The molecule has 7 heteroatoms.